The molecule has 0 saturated carbocycles. The van der Waals surface area contributed by atoms with Crippen molar-refractivity contribution in [2.24, 2.45) is 0 Å². The summed E-state index contributed by atoms with van der Waals surface area (Å²) < 4.78 is 35.7. The molecule has 3 aromatic rings. The number of benzene rings is 3. The maximum absolute atomic E-state index is 12.6. The van der Waals surface area contributed by atoms with Crippen LogP contribution in [0.4, 0.5) is 0 Å². The molecule has 2 saturated heterocycles. The van der Waals surface area contributed by atoms with Gasteiger partial charge in [-0.05, 0) is 41.0 Å². The van der Waals surface area contributed by atoms with E-state index in [0.29, 0.717) is 28.8 Å². The number of esters is 2. The Kier molecular flexibility index (Phi) is 10.2. The lowest BCUT2D eigenvalue weighted by atomic mass is 9.79. The van der Waals surface area contributed by atoms with Crippen LogP contribution in [0.5, 0.6) is 11.5 Å². The zero-order valence-corrected chi connectivity index (χ0v) is 27.3. The van der Waals surface area contributed by atoms with E-state index in [0.717, 1.165) is 16.7 Å². The summed E-state index contributed by atoms with van der Waals surface area (Å²) in [5.74, 6) is -1.18. The number of carboxylic acids is 1. The van der Waals surface area contributed by atoms with Gasteiger partial charge in [-0.15, -0.1) is 0 Å². The number of carbonyl (C=O) groups is 3. The Hall–Kier alpha value is -4.45. The molecule has 250 valence electrons. The predicted octanol–water partition coefficient (Wildman–Crippen LogP) is 2.61. The molecule has 0 spiro atoms. The number of carbonyl (C=O) groups excluding carboxylic acids is 3. The number of likely N-dealkylation sites (N-methyl/N-ethyl adjacent to an activating group) is 1. The van der Waals surface area contributed by atoms with Crippen molar-refractivity contribution >= 4 is 17.9 Å². The number of ether oxygens (including phenoxy) is 6. The van der Waals surface area contributed by atoms with E-state index in [-0.39, 0.29) is 12.1 Å². The lowest BCUT2D eigenvalue weighted by Crippen LogP contribution is -2.59. The molecule has 0 radical (unpaired) electrons. The number of methoxy groups -OCH3 is 2. The molecule has 47 heavy (non-hydrogen) atoms. The van der Waals surface area contributed by atoms with Crippen LogP contribution in [0.25, 0.3) is 0 Å². The highest BCUT2D eigenvalue weighted by Crippen LogP contribution is 2.50. The fourth-order valence-electron chi connectivity index (χ4n) is 7.14. The van der Waals surface area contributed by atoms with Gasteiger partial charge in [0.05, 0.1) is 40.9 Å². The van der Waals surface area contributed by atoms with Gasteiger partial charge >= 0.3 is 11.9 Å². The van der Waals surface area contributed by atoms with Crippen molar-refractivity contribution in [1.29, 1.82) is 0 Å². The van der Waals surface area contributed by atoms with Gasteiger partial charge in [0.25, 0.3) is 0 Å². The van der Waals surface area contributed by atoms with Gasteiger partial charge in [-0.25, -0.2) is 4.79 Å². The summed E-state index contributed by atoms with van der Waals surface area (Å²) in [4.78, 5) is 36.0. The first-order chi connectivity index (χ1) is 22.5. The molecule has 2 bridgehead atoms. The molecule has 0 aliphatic carbocycles. The molecule has 1 unspecified atom stereocenters. The van der Waals surface area contributed by atoms with Crippen molar-refractivity contribution in [1.82, 2.24) is 0 Å². The topological polar surface area (TPSA) is 130 Å². The highest BCUT2D eigenvalue weighted by atomic mass is 16.6. The quantitative estimate of drug-likeness (QED) is 0.155. The van der Waals surface area contributed by atoms with Crippen molar-refractivity contribution in [3.8, 4) is 11.5 Å². The van der Waals surface area contributed by atoms with Crippen LogP contribution in [0.2, 0.25) is 0 Å². The van der Waals surface area contributed by atoms with Crippen LogP contribution in [-0.4, -0.2) is 94.3 Å². The molecule has 2 heterocycles. The number of fused-ring (bicyclic) bond motifs is 2. The normalized spacial score (nSPS) is 23.0. The van der Waals surface area contributed by atoms with Gasteiger partial charge in [0.15, 0.2) is 12.2 Å². The molecule has 2 aliphatic heterocycles. The van der Waals surface area contributed by atoms with Crippen LogP contribution in [0, 0.1) is 0 Å². The molecule has 11 heteroatoms. The van der Waals surface area contributed by atoms with E-state index in [1.165, 1.54) is 6.92 Å². The number of hydrogen-bond acceptors (Lipinski definition) is 10. The first-order valence-corrected chi connectivity index (χ1v) is 15.5. The summed E-state index contributed by atoms with van der Waals surface area (Å²) in [5, 5.41) is 10.7. The van der Waals surface area contributed by atoms with E-state index in [2.05, 4.69) is 14.1 Å². The second kappa shape index (κ2) is 14.1. The molecular formula is C36H41NO10. The van der Waals surface area contributed by atoms with Crippen LogP contribution in [-0.2, 0) is 38.9 Å². The standard InChI is InChI=1S/C36H41NO10/c1-23(38)45-34-30-19-29(46-33(41)22-44-21-32(39)40)20-31(37(30,2)3)35(34)47-36(24-9-7-6-8-10-24,25-11-15-27(42-4)16-12-25)26-13-17-28(43-5)18-14-26/h6-18,29-31,34-35H,19-22H2,1-5H3/t29?,30-,31+,34-,35+/m0/s1. The van der Waals surface area contributed by atoms with Gasteiger partial charge in [-0.1, -0.05) is 54.6 Å². The molecule has 2 fully saturated rings. The summed E-state index contributed by atoms with van der Waals surface area (Å²) in [6, 6.07) is 24.7. The smallest absolute Gasteiger partial charge is 0.332 e. The number of nitrogens with zero attached hydrogens (tertiary/aromatic N) is 1. The zero-order chi connectivity index (χ0) is 33.8. The average molecular weight is 648 g/mol. The SMILES string of the molecule is COc1ccc(C(O[C@H]2[C@@H](OC(C)=O)[C@@H]3CC(OC(=O)COCC(=O)[O-])C[C@H]2[N+]3(C)C)(c2ccccc2)c2ccc(OC)cc2)cc1. The van der Waals surface area contributed by atoms with E-state index < -0.39 is 55.0 Å². The minimum atomic E-state index is -1.42. The summed E-state index contributed by atoms with van der Waals surface area (Å²) in [5.41, 5.74) is 1.34. The monoisotopic (exact) mass is 647 g/mol. The number of quaternary nitrogens is 1. The van der Waals surface area contributed by atoms with E-state index in [1.807, 2.05) is 78.9 Å². The van der Waals surface area contributed by atoms with Crippen LogP contribution >= 0.6 is 0 Å². The van der Waals surface area contributed by atoms with Crippen molar-refractivity contribution in [2.45, 2.75) is 55.8 Å². The molecular weight excluding hydrogens is 606 g/mol. The number of aliphatic carboxylic acids is 1. The van der Waals surface area contributed by atoms with Crippen molar-refractivity contribution < 1.29 is 52.4 Å². The van der Waals surface area contributed by atoms with E-state index in [9.17, 15) is 19.5 Å². The molecule has 5 rings (SSSR count). The summed E-state index contributed by atoms with van der Waals surface area (Å²) in [7, 11) is 7.36. The third kappa shape index (κ3) is 6.97. The van der Waals surface area contributed by atoms with Gasteiger partial charge < -0.3 is 42.8 Å². The third-order valence-electron chi connectivity index (χ3n) is 9.33. The molecule has 11 nitrogen and oxygen atoms in total. The van der Waals surface area contributed by atoms with Gasteiger partial charge in [-0.3, -0.25) is 4.79 Å². The largest absolute Gasteiger partial charge is 0.548 e. The summed E-state index contributed by atoms with van der Waals surface area (Å²) in [6.45, 7) is 0.151. The van der Waals surface area contributed by atoms with Crippen LogP contribution in [0.1, 0.15) is 36.5 Å². The first-order valence-electron chi connectivity index (χ1n) is 15.5. The molecule has 0 N–H and O–H groups in total. The highest BCUT2D eigenvalue weighted by molar-refractivity contribution is 5.72. The van der Waals surface area contributed by atoms with Gasteiger partial charge in [0.1, 0.15) is 41.9 Å². The lowest BCUT2D eigenvalue weighted by Gasteiger charge is -2.45. The average Bonchev–Trinajstić information content (AvgIpc) is 3.14. The Bertz CT molecular complexity index is 1490. The van der Waals surface area contributed by atoms with E-state index >= 15 is 0 Å². The molecule has 0 amide bonds. The second-order valence-electron chi connectivity index (χ2n) is 12.4. The van der Waals surface area contributed by atoms with Gasteiger partial charge in [0, 0.05) is 19.8 Å². The van der Waals surface area contributed by atoms with E-state index in [4.69, 9.17) is 28.4 Å². The van der Waals surface area contributed by atoms with E-state index in [1.54, 1.807) is 14.2 Å². The predicted molar refractivity (Wildman–Crippen MR) is 167 cm³/mol. The molecule has 2 aliphatic rings. The number of piperidine rings is 1. The Morgan fingerprint density at radius 3 is 1.74 bits per heavy atom. The second-order valence-corrected chi connectivity index (χ2v) is 12.4. The third-order valence-corrected chi connectivity index (χ3v) is 9.33. The minimum absolute atomic E-state index is 0.264. The Labute approximate surface area is 274 Å². The van der Waals surface area contributed by atoms with Gasteiger partial charge in [0.2, 0.25) is 0 Å². The number of hydrogen-bond donors (Lipinski definition) is 0. The number of rotatable bonds is 13. The highest BCUT2D eigenvalue weighted by Gasteiger charge is 2.65. The maximum Gasteiger partial charge on any atom is 0.332 e. The van der Waals surface area contributed by atoms with Crippen LogP contribution in [0.15, 0.2) is 78.9 Å². The lowest BCUT2D eigenvalue weighted by molar-refractivity contribution is -0.934. The number of carboxylic acid groups (broad SMARTS) is 1. The molecule has 0 aromatic heterocycles. The van der Waals surface area contributed by atoms with Crippen LogP contribution < -0.4 is 14.6 Å². The Balaban J connectivity index is 1.61. The minimum Gasteiger partial charge on any atom is -0.548 e. The Morgan fingerprint density at radius 1 is 0.745 bits per heavy atom. The Morgan fingerprint density at radius 2 is 1.26 bits per heavy atom. The van der Waals surface area contributed by atoms with Crippen molar-refractivity contribution in [2.75, 3.05) is 41.5 Å². The van der Waals surface area contributed by atoms with Crippen molar-refractivity contribution in [3.05, 3.63) is 95.6 Å². The molecule has 3 aromatic carbocycles. The first kappa shape index (κ1) is 33.9. The zero-order valence-electron chi connectivity index (χ0n) is 27.3. The van der Waals surface area contributed by atoms with Crippen LogP contribution in [0.3, 0.4) is 0 Å². The molecule has 5 atom stereocenters. The van der Waals surface area contributed by atoms with Gasteiger partial charge in [-0.2, -0.15) is 0 Å². The van der Waals surface area contributed by atoms with Crippen molar-refractivity contribution in [3.63, 3.8) is 0 Å². The fourth-order valence-corrected chi connectivity index (χ4v) is 7.14. The summed E-state index contributed by atoms with van der Waals surface area (Å²) >= 11 is 0. The fraction of sp³-hybridized carbons (Fsp3) is 0.417. The summed E-state index contributed by atoms with van der Waals surface area (Å²) in [6.07, 6.45) is -1.04. The maximum atomic E-state index is 12.6.